The Kier molecular flexibility index (Phi) is 5.91. The normalized spacial score (nSPS) is 26.8. The van der Waals surface area contributed by atoms with E-state index in [1.807, 2.05) is 43.9 Å². The Morgan fingerprint density at radius 2 is 1.91 bits per heavy atom. The van der Waals surface area contributed by atoms with Crippen LogP contribution in [0.2, 0.25) is 10.0 Å². The first-order chi connectivity index (χ1) is 15.6. The zero-order chi connectivity index (χ0) is 23.5. The third-order valence-corrected chi connectivity index (χ3v) is 7.62. The molecule has 2 saturated carbocycles. The van der Waals surface area contributed by atoms with Crippen LogP contribution in [0.3, 0.4) is 0 Å². The van der Waals surface area contributed by atoms with E-state index >= 15 is 0 Å². The van der Waals surface area contributed by atoms with Crippen molar-refractivity contribution in [1.29, 1.82) is 0 Å². The predicted octanol–water partition coefficient (Wildman–Crippen LogP) is 6.83. The van der Waals surface area contributed by atoms with Crippen molar-refractivity contribution < 1.29 is 18.8 Å². The number of amides is 1. The molecular formula is C25H30Cl2N2O4. The number of hydrogen-bond donors (Lipinski definition) is 0. The van der Waals surface area contributed by atoms with Crippen LogP contribution in [0.4, 0.5) is 4.79 Å². The van der Waals surface area contributed by atoms with Crippen LogP contribution in [-0.2, 0) is 16.1 Å². The lowest BCUT2D eigenvalue weighted by atomic mass is 9.97. The second kappa shape index (κ2) is 8.47. The molecule has 4 unspecified atom stereocenters. The highest BCUT2D eigenvalue weighted by Gasteiger charge is 2.53. The van der Waals surface area contributed by atoms with Crippen molar-refractivity contribution in [3.8, 4) is 11.3 Å². The van der Waals surface area contributed by atoms with Crippen molar-refractivity contribution in [1.82, 2.24) is 10.1 Å². The number of nitrogens with zero attached hydrogens (tertiary/aromatic N) is 2. The molecule has 6 nitrogen and oxygen atoms in total. The van der Waals surface area contributed by atoms with Crippen molar-refractivity contribution >= 4 is 29.3 Å². The maximum absolute atomic E-state index is 12.7. The van der Waals surface area contributed by atoms with Gasteiger partial charge in [-0.05, 0) is 65.5 Å². The summed E-state index contributed by atoms with van der Waals surface area (Å²) in [7, 11) is 0. The van der Waals surface area contributed by atoms with Crippen LogP contribution in [-0.4, -0.2) is 39.9 Å². The lowest BCUT2D eigenvalue weighted by molar-refractivity contribution is -0.0388. The summed E-state index contributed by atoms with van der Waals surface area (Å²) in [6, 6.07) is 5.65. The molecule has 178 valence electrons. The summed E-state index contributed by atoms with van der Waals surface area (Å²) in [5, 5.41) is 5.44. The molecule has 1 amide bonds. The lowest BCUT2D eigenvalue weighted by Gasteiger charge is -2.37. The average molecular weight is 493 g/mol. The fourth-order valence-corrected chi connectivity index (χ4v) is 5.92. The SMILES string of the molecule is CC1C2CC(CC2OCc2c(-c3c(Cl)cccc3Cl)noc2C2CC2)N1C(=O)OC(C)(C)C. The number of carbonyl (C=O) groups is 1. The van der Waals surface area contributed by atoms with E-state index in [0.717, 1.165) is 37.0 Å². The summed E-state index contributed by atoms with van der Waals surface area (Å²) in [5.41, 5.74) is 1.79. The van der Waals surface area contributed by atoms with Gasteiger partial charge in [-0.1, -0.05) is 34.4 Å². The molecule has 0 spiro atoms. The molecule has 1 aromatic carbocycles. The van der Waals surface area contributed by atoms with Gasteiger partial charge in [-0.2, -0.15) is 0 Å². The van der Waals surface area contributed by atoms with Crippen molar-refractivity contribution in [2.45, 2.75) is 89.7 Å². The summed E-state index contributed by atoms with van der Waals surface area (Å²) < 4.78 is 17.9. The van der Waals surface area contributed by atoms with E-state index in [0.29, 0.717) is 33.8 Å². The third kappa shape index (κ3) is 4.38. The van der Waals surface area contributed by atoms with Crippen LogP contribution in [0, 0.1) is 5.92 Å². The first-order valence-electron chi connectivity index (χ1n) is 11.7. The Labute approximate surface area is 204 Å². The smallest absolute Gasteiger partial charge is 0.410 e. The third-order valence-electron chi connectivity index (χ3n) is 6.99. The predicted molar refractivity (Wildman–Crippen MR) is 127 cm³/mol. The monoisotopic (exact) mass is 492 g/mol. The number of fused-ring (bicyclic) bond motifs is 2. The first kappa shape index (κ1) is 23.0. The molecule has 2 heterocycles. The minimum atomic E-state index is -0.502. The number of benzene rings is 1. The molecular weight excluding hydrogens is 463 g/mol. The maximum Gasteiger partial charge on any atom is 0.410 e. The van der Waals surface area contributed by atoms with E-state index in [2.05, 4.69) is 12.1 Å². The molecule has 3 aliphatic rings. The van der Waals surface area contributed by atoms with Gasteiger partial charge in [-0.3, -0.25) is 0 Å². The number of carbonyl (C=O) groups excluding carboxylic acids is 1. The van der Waals surface area contributed by atoms with Crippen molar-refractivity contribution in [3.05, 3.63) is 39.6 Å². The van der Waals surface area contributed by atoms with Gasteiger partial charge in [0.15, 0.2) is 0 Å². The fraction of sp³-hybridized carbons (Fsp3) is 0.600. The maximum atomic E-state index is 12.7. The topological polar surface area (TPSA) is 64.8 Å². The number of ether oxygens (including phenoxy) is 2. The quantitative estimate of drug-likeness (QED) is 0.457. The molecule has 1 saturated heterocycles. The molecule has 3 fully saturated rings. The summed E-state index contributed by atoms with van der Waals surface area (Å²) in [5.74, 6) is 1.54. The highest BCUT2D eigenvalue weighted by atomic mass is 35.5. The van der Waals surface area contributed by atoms with Crippen LogP contribution in [0.5, 0.6) is 0 Å². The van der Waals surface area contributed by atoms with Crippen LogP contribution in [0.25, 0.3) is 11.3 Å². The summed E-state index contributed by atoms with van der Waals surface area (Å²) >= 11 is 12.9. The Morgan fingerprint density at radius 3 is 2.52 bits per heavy atom. The summed E-state index contributed by atoms with van der Waals surface area (Å²) in [4.78, 5) is 14.6. The van der Waals surface area contributed by atoms with Gasteiger partial charge >= 0.3 is 6.09 Å². The highest BCUT2D eigenvalue weighted by Crippen LogP contribution is 2.48. The second-order valence-electron chi connectivity index (χ2n) is 10.5. The van der Waals surface area contributed by atoms with Gasteiger partial charge in [0.2, 0.25) is 0 Å². The number of rotatable bonds is 5. The molecule has 1 aliphatic heterocycles. The Morgan fingerprint density at radius 1 is 1.21 bits per heavy atom. The zero-order valence-corrected chi connectivity index (χ0v) is 20.9. The molecule has 0 N–H and O–H groups in total. The molecule has 4 atom stereocenters. The van der Waals surface area contributed by atoms with Gasteiger partial charge in [0.1, 0.15) is 17.1 Å². The standard InChI is InChI=1S/C25H30Cl2N2O4/c1-13-16-10-15(29(13)24(30)32-25(2,3)4)11-20(16)31-12-17-22(28-33-23(17)14-8-9-14)21-18(26)6-5-7-19(21)27/h5-7,13-16,20H,8-12H2,1-4H3. The number of aromatic nitrogens is 1. The Hall–Kier alpha value is -1.76. The van der Waals surface area contributed by atoms with Gasteiger partial charge in [0.05, 0.1) is 22.8 Å². The van der Waals surface area contributed by atoms with Crippen LogP contribution >= 0.6 is 23.2 Å². The van der Waals surface area contributed by atoms with E-state index in [1.165, 1.54) is 0 Å². The number of halogens is 2. The average Bonchev–Trinajstić information content (AvgIpc) is 3.22. The van der Waals surface area contributed by atoms with Crippen molar-refractivity contribution in [2.75, 3.05) is 0 Å². The fourth-order valence-electron chi connectivity index (χ4n) is 5.34. The van der Waals surface area contributed by atoms with Crippen molar-refractivity contribution in [3.63, 3.8) is 0 Å². The summed E-state index contributed by atoms with van der Waals surface area (Å²) in [6.45, 7) is 8.17. The zero-order valence-electron chi connectivity index (χ0n) is 19.4. The molecule has 2 aromatic rings. The van der Waals surface area contributed by atoms with Gasteiger partial charge in [-0.15, -0.1) is 0 Å². The van der Waals surface area contributed by atoms with Crippen LogP contribution in [0.15, 0.2) is 22.7 Å². The minimum Gasteiger partial charge on any atom is -0.444 e. The lowest BCUT2D eigenvalue weighted by Crippen LogP contribution is -2.49. The van der Waals surface area contributed by atoms with E-state index in [4.69, 9.17) is 37.2 Å². The Balaban J connectivity index is 1.33. The van der Waals surface area contributed by atoms with Crippen LogP contribution in [0.1, 0.15) is 70.6 Å². The molecule has 1 aromatic heterocycles. The number of likely N-dealkylation sites (tertiary alicyclic amines) is 1. The van der Waals surface area contributed by atoms with E-state index in [9.17, 15) is 4.79 Å². The van der Waals surface area contributed by atoms with E-state index in [1.54, 1.807) is 0 Å². The number of piperidine rings is 1. The molecule has 8 heteroatoms. The minimum absolute atomic E-state index is 0.0696. The van der Waals surface area contributed by atoms with E-state index in [-0.39, 0.29) is 30.2 Å². The highest BCUT2D eigenvalue weighted by molar-refractivity contribution is 6.39. The molecule has 5 rings (SSSR count). The summed E-state index contributed by atoms with van der Waals surface area (Å²) in [6.07, 6.45) is 3.77. The molecule has 2 bridgehead atoms. The number of hydrogen-bond acceptors (Lipinski definition) is 5. The second-order valence-corrected chi connectivity index (χ2v) is 11.3. The van der Waals surface area contributed by atoms with Gasteiger partial charge < -0.3 is 18.9 Å². The molecule has 2 aliphatic carbocycles. The largest absolute Gasteiger partial charge is 0.444 e. The molecule has 0 radical (unpaired) electrons. The first-order valence-corrected chi connectivity index (χ1v) is 12.5. The van der Waals surface area contributed by atoms with Gasteiger partial charge in [-0.25, -0.2) is 4.79 Å². The van der Waals surface area contributed by atoms with Crippen LogP contribution < -0.4 is 0 Å². The van der Waals surface area contributed by atoms with Crippen molar-refractivity contribution in [2.24, 2.45) is 5.92 Å². The van der Waals surface area contributed by atoms with Gasteiger partial charge in [0.25, 0.3) is 0 Å². The van der Waals surface area contributed by atoms with Gasteiger partial charge in [0, 0.05) is 35.0 Å². The molecule has 33 heavy (non-hydrogen) atoms. The Bertz CT molecular complexity index is 1040. The van der Waals surface area contributed by atoms with E-state index < -0.39 is 5.60 Å².